The number of fused-ring (bicyclic) bond motifs is 5. The molecule has 11 rings (SSSR count). The normalized spacial score (nSPS) is 11.6. The molecular weight excluding hydrogens is 677 g/mol. The van der Waals surface area contributed by atoms with E-state index >= 15 is 0 Å². The number of nitrogens with zero attached hydrogens (tertiary/aromatic N) is 2. The average molecular weight is 711 g/mol. The molecule has 0 atom stereocenters. The second kappa shape index (κ2) is 13.2. The van der Waals surface area contributed by atoms with Crippen molar-refractivity contribution in [2.24, 2.45) is 0 Å². The molecule has 0 aliphatic carbocycles. The lowest BCUT2D eigenvalue weighted by Crippen LogP contribution is -1.93. The van der Waals surface area contributed by atoms with Crippen molar-refractivity contribution in [1.29, 1.82) is 0 Å². The summed E-state index contributed by atoms with van der Waals surface area (Å²) < 4.78 is 0. The maximum atomic E-state index is 5.03. The molecule has 0 unspecified atom stereocenters. The molecule has 0 bridgehead atoms. The van der Waals surface area contributed by atoms with E-state index in [-0.39, 0.29) is 0 Å². The molecule has 0 radical (unpaired) electrons. The third kappa shape index (κ3) is 5.19. The van der Waals surface area contributed by atoms with E-state index in [1.54, 1.807) is 0 Å². The molecule has 0 amide bonds. The van der Waals surface area contributed by atoms with Crippen LogP contribution in [-0.2, 0) is 0 Å². The second-order valence-corrected chi connectivity index (χ2v) is 14.5. The van der Waals surface area contributed by atoms with Gasteiger partial charge < -0.3 is 0 Å². The first-order chi connectivity index (χ1) is 27.8. The molecule has 0 N–H and O–H groups in total. The largest absolute Gasteiger partial charge is 0.256 e. The highest BCUT2D eigenvalue weighted by molar-refractivity contribution is 6.21. The van der Waals surface area contributed by atoms with Gasteiger partial charge in [-0.1, -0.05) is 176 Å². The number of rotatable bonds is 5. The molecule has 2 heteroatoms. The van der Waals surface area contributed by atoms with Crippen LogP contribution < -0.4 is 0 Å². The SMILES string of the molecule is c1ccc(-c2c3ccccc3c(-c3ccc(-c4ccc(-c5c6ccccc6c(-c6ccc7ccccc7c6)c6ncccc56)cc4)cc3)c3cccnc23)cc1. The summed E-state index contributed by atoms with van der Waals surface area (Å²) in [4.78, 5) is 9.98. The Morgan fingerprint density at radius 2 is 0.607 bits per heavy atom. The van der Waals surface area contributed by atoms with E-state index in [0.29, 0.717) is 0 Å². The van der Waals surface area contributed by atoms with Gasteiger partial charge in [-0.15, -0.1) is 0 Å². The molecule has 9 aromatic carbocycles. The highest BCUT2D eigenvalue weighted by atomic mass is 14.7. The molecule has 2 heterocycles. The predicted molar refractivity (Wildman–Crippen MR) is 237 cm³/mol. The standard InChI is InChI=1S/C54H34N2/c1-2-13-38(14-3-1)51-45-18-8-6-16-43(45)49(47-20-10-32-55-53(47)51)39-27-22-36(23-28-39)37-24-29-40(30-25-37)50-44-17-7-9-19-46(44)52(54-48(50)21-11-33-56-54)42-31-26-35-12-4-5-15-41(35)34-42/h1-34H. The summed E-state index contributed by atoms with van der Waals surface area (Å²) in [6, 6.07) is 70.0. The number of hydrogen-bond donors (Lipinski definition) is 0. The lowest BCUT2D eigenvalue weighted by molar-refractivity contribution is 1.42. The Morgan fingerprint density at radius 1 is 0.232 bits per heavy atom. The maximum Gasteiger partial charge on any atom is 0.0792 e. The predicted octanol–water partition coefficient (Wildman–Crippen LogP) is 14.6. The van der Waals surface area contributed by atoms with E-state index in [2.05, 4.69) is 188 Å². The van der Waals surface area contributed by atoms with Crippen LogP contribution in [0, 0.1) is 0 Å². The molecule has 2 aromatic heterocycles. The molecule has 0 saturated carbocycles. The zero-order chi connectivity index (χ0) is 37.0. The Labute approximate surface area is 325 Å². The quantitative estimate of drug-likeness (QED) is 0.166. The highest BCUT2D eigenvalue weighted by Crippen LogP contribution is 2.45. The Morgan fingerprint density at radius 3 is 1.14 bits per heavy atom. The van der Waals surface area contributed by atoms with Crippen LogP contribution in [0.5, 0.6) is 0 Å². The van der Waals surface area contributed by atoms with E-state index in [9.17, 15) is 0 Å². The number of benzene rings is 9. The lowest BCUT2D eigenvalue weighted by atomic mass is 9.87. The molecule has 0 aliphatic rings. The fourth-order valence-corrected chi connectivity index (χ4v) is 8.81. The van der Waals surface area contributed by atoms with Crippen LogP contribution >= 0.6 is 0 Å². The van der Waals surface area contributed by atoms with Crippen molar-refractivity contribution >= 4 is 54.1 Å². The smallest absolute Gasteiger partial charge is 0.0792 e. The number of pyridine rings is 2. The summed E-state index contributed by atoms with van der Waals surface area (Å²) in [7, 11) is 0. The molecule has 2 nitrogen and oxygen atoms in total. The van der Waals surface area contributed by atoms with Crippen molar-refractivity contribution in [1.82, 2.24) is 9.97 Å². The van der Waals surface area contributed by atoms with Crippen molar-refractivity contribution in [2.75, 3.05) is 0 Å². The molecule has 0 fully saturated rings. The summed E-state index contributed by atoms with van der Waals surface area (Å²) in [5, 5.41) is 9.63. The summed E-state index contributed by atoms with van der Waals surface area (Å²) in [5.41, 5.74) is 13.9. The van der Waals surface area contributed by atoms with E-state index in [1.807, 2.05) is 18.5 Å². The Bertz CT molecular complexity index is 3160. The zero-order valence-corrected chi connectivity index (χ0v) is 30.5. The van der Waals surface area contributed by atoms with Gasteiger partial charge in [-0.2, -0.15) is 0 Å². The van der Waals surface area contributed by atoms with Gasteiger partial charge in [0.15, 0.2) is 0 Å². The van der Waals surface area contributed by atoms with E-state index in [1.165, 1.54) is 88.0 Å². The maximum absolute atomic E-state index is 5.03. The third-order valence-electron chi connectivity index (χ3n) is 11.3. The fourth-order valence-electron chi connectivity index (χ4n) is 8.81. The van der Waals surface area contributed by atoms with Crippen LogP contribution in [0.15, 0.2) is 207 Å². The second-order valence-electron chi connectivity index (χ2n) is 14.5. The van der Waals surface area contributed by atoms with Crippen LogP contribution in [0.3, 0.4) is 0 Å². The number of aromatic nitrogens is 2. The first-order valence-electron chi connectivity index (χ1n) is 19.1. The lowest BCUT2D eigenvalue weighted by Gasteiger charge is -2.18. The van der Waals surface area contributed by atoms with Gasteiger partial charge in [0.2, 0.25) is 0 Å². The van der Waals surface area contributed by atoms with Gasteiger partial charge in [0.25, 0.3) is 0 Å². The molecule has 0 saturated heterocycles. The Balaban J connectivity index is 1.01. The van der Waals surface area contributed by atoms with E-state index in [0.717, 1.165) is 21.8 Å². The van der Waals surface area contributed by atoms with Gasteiger partial charge in [-0.25, -0.2) is 0 Å². The first-order valence-corrected chi connectivity index (χ1v) is 19.1. The highest BCUT2D eigenvalue weighted by Gasteiger charge is 2.19. The molecule has 0 spiro atoms. The third-order valence-corrected chi connectivity index (χ3v) is 11.3. The summed E-state index contributed by atoms with van der Waals surface area (Å²) in [6.07, 6.45) is 3.82. The molecule has 56 heavy (non-hydrogen) atoms. The minimum absolute atomic E-state index is 1.02. The van der Waals surface area contributed by atoms with Gasteiger partial charge in [0.1, 0.15) is 0 Å². The van der Waals surface area contributed by atoms with Crippen LogP contribution in [-0.4, -0.2) is 9.97 Å². The van der Waals surface area contributed by atoms with E-state index in [4.69, 9.17) is 9.97 Å². The van der Waals surface area contributed by atoms with Gasteiger partial charge >= 0.3 is 0 Å². The summed E-state index contributed by atoms with van der Waals surface area (Å²) in [6.45, 7) is 0. The molecular formula is C54H34N2. The van der Waals surface area contributed by atoms with Crippen molar-refractivity contribution in [2.45, 2.75) is 0 Å². The van der Waals surface area contributed by atoms with Crippen LogP contribution in [0.1, 0.15) is 0 Å². The summed E-state index contributed by atoms with van der Waals surface area (Å²) >= 11 is 0. The molecule has 11 aromatic rings. The fraction of sp³-hybridized carbons (Fsp3) is 0. The zero-order valence-electron chi connectivity index (χ0n) is 30.5. The van der Waals surface area contributed by atoms with Crippen LogP contribution in [0.25, 0.3) is 110 Å². The average Bonchev–Trinajstić information content (AvgIpc) is 3.27. The van der Waals surface area contributed by atoms with Gasteiger partial charge in [0.05, 0.1) is 11.0 Å². The minimum Gasteiger partial charge on any atom is -0.256 e. The van der Waals surface area contributed by atoms with Crippen LogP contribution in [0.4, 0.5) is 0 Å². The molecule has 260 valence electrons. The Hall–Kier alpha value is -7.42. The van der Waals surface area contributed by atoms with Crippen molar-refractivity contribution < 1.29 is 0 Å². The Kier molecular flexibility index (Phi) is 7.53. The number of hydrogen-bond acceptors (Lipinski definition) is 2. The van der Waals surface area contributed by atoms with Crippen molar-refractivity contribution in [3.63, 3.8) is 0 Å². The van der Waals surface area contributed by atoms with E-state index < -0.39 is 0 Å². The van der Waals surface area contributed by atoms with Crippen molar-refractivity contribution in [3.05, 3.63) is 207 Å². The van der Waals surface area contributed by atoms with Gasteiger partial charge in [-0.3, -0.25) is 9.97 Å². The van der Waals surface area contributed by atoms with Crippen molar-refractivity contribution in [3.8, 4) is 55.6 Å². The van der Waals surface area contributed by atoms with Gasteiger partial charge in [0, 0.05) is 34.3 Å². The monoisotopic (exact) mass is 710 g/mol. The minimum atomic E-state index is 1.02. The van der Waals surface area contributed by atoms with Gasteiger partial charge in [-0.05, 0) is 95.0 Å². The molecule has 0 aliphatic heterocycles. The van der Waals surface area contributed by atoms with Crippen LogP contribution in [0.2, 0.25) is 0 Å². The first kappa shape index (κ1) is 32.0. The topological polar surface area (TPSA) is 25.8 Å². The summed E-state index contributed by atoms with van der Waals surface area (Å²) in [5.74, 6) is 0.